The number of amides is 1. The van der Waals surface area contributed by atoms with Gasteiger partial charge in [0.05, 0.1) is 5.69 Å². The van der Waals surface area contributed by atoms with Crippen molar-refractivity contribution >= 4 is 5.91 Å². The van der Waals surface area contributed by atoms with Crippen LogP contribution in [0.1, 0.15) is 10.4 Å². The first kappa shape index (κ1) is 9.97. The molecule has 0 spiro atoms. The molecule has 0 atom stereocenters. The monoisotopic (exact) mass is 220 g/mol. The molecule has 7 heteroatoms. The number of carbonyl (C=O) groups excluding carboxylic acids is 1. The number of H-pyrrole nitrogens is 2. The Hall–Kier alpha value is -2.57. The van der Waals surface area contributed by atoms with Crippen LogP contribution in [0.5, 0.6) is 0 Å². The number of aromatic nitrogens is 3. The second-order valence-corrected chi connectivity index (χ2v) is 3.11. The fourth-order valence-corrected chi connectivity index (χ4v) is 1.32. The summed E-state index contributed by atoms with van der Waals surface area (Å²) in [4.78, 5) is 33.3. The zero-order valence-corrected chi connectivity index (χ0v) is 8.06. The standard InChI is InChI=1S/C9H8N4O3/c10-7(14)5-1-3-6(4-2-5)13-8(15)11-12-9(13)16/h1-4H,(H2,10,14)(H,11,15)(H,12,16). The number of primary amides is 1. The summed E-state index contributed by atoms with van der Waals surface area (Å²) in [5, 5.41) is 4.30. The average Bonchev–Trinajstić information content (AvgIpc) is 2.59. The molecule has 1 amide bonds. The molecule has 0 aliphatic carbocycles. The van der Waals surface area contributed by atoms with Gasteiger partial charge in [0.15, 0.2) is 0 Å². The lowest BCUT2D eigenvalue weighted by Gasteiger charge is -1.99. The van der Waals surface area contributed by atoms with Gasteiger partial charge in [0.2, 0.25) is 5.91 Å². The molecule has 2 rings (SSSR count). The van der Waals surface area contributed by atoms with Gasteiger partial charge in [0.25, 0.3) is 0 Å². The minimum absolute atomic E-state index is 0.309. The van der Waals surface area contributed by atoms with E-state index in [-0.39, 0.29) is 0 Å². The third kappa shape index (κ3) is 1.54. The Balaban J connectivity index is 2.55. The Morgan fingerprint density at radius 1 is 1.06 bits per heavy atom. The molecular weight excluding hydrogens is 212 g/mol. The highest BCUT2D eigenvalue weighted by molar-refractivity contribution is 5.92. The van der Waals surface area contributed by atoms with Crippen molar-refractivity contribution in [2.75, 3.05) is 0 Å². The molecule has 0 radical (unpaired) electrons. The normalized spacial score (nSPS) is 10.2. The van der Waals surface area contributed by atoms with Crippen LogP contribution in [0.15, 0.2) is 33.9 Å². The zero-order valence-electron chi connectivity index (χ0n) is 8.06. The van der Waals surface area contributed by atoms with Gasteiger partial charge in [-0.1, -0.05) is 0 Å². The molecular formula is C9H8N4O3. The zero-order chi connectivity index (χ0) is 11.7. The molecule has 1 heterocycles. The minimum atomic E-state index is -0.572. The summed E-state index contributed by atoms with van der Waals surface area (Å²) in [6.07, 6.45) is 0. The number of carbonyl (C=O) groups is 1. The molecule has 0 aliphatic rings. The number of nitrogens with one attached hydrogen (secondary N) is 2. The van der Waals surface area contributed by atoms with Crippen molar-refractivity contribution in [3.63, 3.8) is 0 Å². The van der Waals surface area contributed by atoms with Gasteiger partial charge in [-0.25, -0.2) is 24.4 Å². The van der Waals surface area contributed by atoms with Crippen molar-refractivity contribution in [3.05, 3.63) is 50.8 Å². The Labute approximate surface area is 88.5 Å². The summed E-state index contributed by atoms with van der Waals surface area (Å²) in [6.45, 7) is 0. The van der Waals surface area contributed by atoms with Gasteiger partial charge in [-0.2, -0.15) is 0 Å². The topological polar surface area (TPSA) is 114 Å². The minimum Gasteiger partial charge on any atom is -0.366 e. The number of hydrogen-bond donors (Lipinski definition) is 3. The second kappa shape index (κ2) is 3.54. The van der Waals surface area contributed by atoms with Crippen molar-refractivity contribution < 1.29 is 4.79 Å². The van der Waals surface area contributed by atoms with Crippen molar-refractivity contribution in [1.82, 2.24) is 14.8 Å². The van der Waals surface area contributed by atoms with E-state index in [0.717, 1.165) is 4.57 Å². The summed E-state index contributed by atoms with van der Waals surface area (Å²) >= 11 is 0. The first-order valence-electron chi connectivity index (χ1n) is 4.39. The van der Waals surface area contributed by atoms with Crippen LogP contribution in [0.2, 0.25) is 0 Å². The maximum absolute atomic E-state index is 11.2. The Kier molecular flexibility index (Phi) is 2.20. The van der Waals surface area contributed by atoms with Crippen LogP contribution < -0.4 is 17.1 Å². The van der Waals surface area contributed by atoms with E-state index in [0.29, 0.717) is 11.3 Å². The van der Waals surface area contributed by atoms with E-state index in [9.17, 15) is 14.4 Å². The van der Waals surface area contributed by atoms with E-state index >= 15 is 0 Å². The van der Waals surface area contributed by atoms with E-state index in [1.807, 2.05) is 0 Å². The van der Waals surface area contributed by atoms with E-state index in [1.54, 1.807) is 0 Å². The fourth-order valence-electron chi connectivity index (χ4n) is 1.32. The maximum Gasteiger partial charge on any atom is 0.348 e. The van der Waals surface area contributed by atoms with E-state index < -0.39 is 17.3 Å². The van der Waals surface area contributed by atoms with E-state index in [4.69, 9.17) is 5.73 Å². The lowest BCUT2D eigenvalue weighted by atomic mass is 10.2. The van der Waals surface area contributed by atoms with Gasteiger partial charge in [-0.3, -0.25) is 4.79 Å². The average molecular weight is 220 g/mol. The highest BCUT2D eigenvalue weighted by atomic mass is 16.2. The quantitative estimate of drug-likeness (QED) is 0.600. The molecule has 4 N–H and O–H groups in total. The summed E-state index contributed by atoms with van der Waals surface area (Å²) in [6, 6.07) is 5.81. The van der Waals surface area contributed by atoms with Crippen molar-refractivity contribution in [1.29, 1.82) is 0 Å². The number of benzene rings is 1. The molecule has 2 aromatic rings. The highest BCUT2D eigenvalue weighted by Gasteiger charge is 2.06. The molecule has 16 heavy (non-hydrogen) atoms. The van der Waals surface area contributed by atoms with Gasteiger partial charge in [0, 0.05) is 5.56 Å². The largest absolute Gasteiger partial charge is 0.366 e. The van der Waals surface area contributed by atoms with Crippen LogP contribution in [0.3, 0.4) is 0 Å². The van der Waals surface area contributed by atoms with Crippen molar-refractivity contribution in [2.45, 2.75) is 0 Å². The van der Waals surface area contributed by atoms with Crippen LogP contribution in [-0.2, 0) is 0 Å². The van der Waals surface area contributed by atoms with E-state index in [2.05, 4.69) is 10.2 Å². The number of rotatable bonds is 2. The van der Waals surface area contributed by atoms with Gasteiger partial charge < -0.3 is 5.73 Å². The SMILES string of the molecule is NC(=O)c1ccc(-n2c(=O)[nH][nH]c2=O)cc1. The summed E-state index contributed by atoms with van der Waals surface area (Å²) in [7, 11) is 0. The maximum atomic E-state index is 11.2. The first-order valence-corrected chi connectivity index (χ1v) is 4.39. The fraction of sp³-hybridized carbons (Fsp3) is 0. The van der Waals surface area contributed by atoms with Crippen LogP contribution in [0.25, 0.3) is 5.69 Å². The van der Waals surface area contributed by atoms with Gasteiger partial charge in [0.1, 0.15) is 0 Å². The van der Waals surface area contributed by atoms with Crippen LogP contribution in [0, 0.1) is 0 Å². The van der Waals surface area contributed by atoms with Crippen LogP contribution >= 0.6 is 0 Å². The van der Waals surface area contributed by atoms with Crippen molar-refractivity contribution in [3.8, 4) is 5.69 Å². The molecule has 0 unspecified atom stereocenters. The Morgan fingerprint density at radius 3 is 2.00 bits per heavy atom. The second-order valence-electron chi connectivity index (χ2n) is 3.11. The summed E-state index contributed by atoms with van der Waals surface area (Å²) in [5.41, 5.74) is 4.58. The first-order chi connectivity index (χ1) is 7.59. The molecule has 0 fully saturated rings. The number of hydrogen-bond acceptors (Lipinski definition) is 3. The molecule has 82 valence electrons. The lowest BCUT2D eigenvalue weighted by molar-refractivity contribution is 0.100. The van der Waals surface area contributed by atoms with E-state index in [1.165, 1.54) is 24.3 Å². The third-order valence-corrected chi connectivity index (χ3v) is 2.09. The van der Waals surface area contributed by atoms with Gasteiger partial charge in [-0.05, 0) is 24.3 Å². The predicted molar refractivity (Wildman–Crippen MR) is 55.5 cm³/mol. The molecule has 1 aromatic heterocycles. The summed E-state index contributed by atoms with van der Waals surface area (Å²) in [5.74, 6) is -0.568. The molecule has 0 saturated carbocycles. The smallest absolute Gasteiger partial charge is 0.348 e. The van der Waals surface area contributed by atoms with Gasteiger partial charge >= 0.3 is 11.4 Å². The molecule has 0 bridgehead atoms. The summed E-state index contributed by atoms with van der Waals surface area (Å²) < 4.78 is 0.908. The Morgan fingerprint density at radius 2 is 1.56 bits per heavy atom. The van der Waals surface area contributed by atoms with Gasteiger partial charge in [-0.15, -0.1) is 0 Å². The molecule has 0 saturated heterocycles. The molecule has 0 aliphatic heterocycles. The lowest BCUT2D eigenvalue weighted by Crippen LogP contribution is -2.24. The molecule has 1 aromatic carbocycles. The third-order valence-electron chi connectivity index (χ3n) is 2.09. The molecule has 7 nitrogen and oxygen atoms in total. The van der Waals surface area contributed by atoms with Crippen LogP contribution in [0.4, 0.5) is 0 Å². The number of nitrogens with zero attached hydrogens (tertiary/aromatic N) is 1. The Bertz CT molecular complexity index is 604. The highest BCUT2D eigenvalue weighted by Crippen LogP contribution is 2.05. The van der Waals surface area contributed by atoms with Crippen molar-refractivity contribution in [2.24, 2.45) is 5.73 Å². The van der Waals surface area contributed by atoms with Crippen LogP contribution in [-0.4, -0.2) is 20.7 Å². The number of nitrogens with two attached hydrogens (primary N) is 1. The number of aromatic amines is 2. The predicted octanol–water partition coefficient (Wildman–Crippen LogP) is -1.05.